The van der Waals surface area contributed by atoms with Gasteiger partial charge in [-0.15, -0.1) is 0 Å². The normalized spacial score (nSPS) is 9.93. The number of rotatable bonds is 10. The Morgan fingerprint density at radius 1 is 0.966 bits per heavy atom. The summed E-state index contributed by atoms with van der Waals surface area (Å²) in [6.07, 6.45) is 2.81. The standard InChI is InChI=1S/C20H26N2O5.C2H6/c1-5-17(23)26-13-11-20(4,12-14-27-18(24)6-2)22-19(25)21-16-9-7-15(3)8-10-16;1-2/h5-10H,1-2,11-14H2,3-4H3,(H2,21,22,25);1-2H3. The molecule has 0 heterocycles. The zero-order valence-electron chi connectivity index (χ0n) is 17.7. The highest BCUT2D eigenvalue weighted by Crippen LogP contribution is 2.17. The molecule has 7 nitrogen and oxygen atoms in total. The van der Waals surface area contributed by atoms with E-state index < -0.39 is 23.5 Å². The molecule has 0 fully saturated rings. The number of aryl methyl sites for hydroxylation is 1. The predicted molar refractivity (Wildman–Crippen MR) is 115 cm³/mol. The van der Waals surface area contributed by atoms with Crippen LogP contribution in [0.1, 0.15) is 39.2 Å². The van der Waals surface area contributed by atoms with E-state index in [0.717, 1.165) is 17.7 Å². The van der Waals surface area contributed by atoms with Gasteiger partial charge in [0.2, 0.25) is 0 Å². The Balaban J connectivity index is 0.00000379. The first-order valence-electron chi connectivity index (χ1n) is 9.52. The molecule has 0 unspecified atom stereocenters. The summed E-state index contributed by atoms with van der Waals surface area (Å²) in [4.78, 5) is 34.8. The van der Waals surface area contributed by atoms with Crippen LogP contribution < -0.4 is 10.6 Å². The van der Waals surface area contributed by atoms with Crippen molar-refractivity contribution in [2.45, 2.75) is 46.1 Å². The Bertz CT molecular complexity index is 657. The van der Waals surface area contributed by atoms with Crippen molar-refractivity contribution in [2.75, 3.05) is 18.5 Å². The first-order valence-corrected chi connectivity index (χ1v) is 9.52. The number of carbonyl (C=O) groups excluding carboxylic acids is 3. The van der Waals surface area contributed by atoms with E-state index in [1.165, 1.54) is 0 Å². The quantitative estimate of drug-likeness (QED) is 0.451. The number of carbonyl (C=O) groups is 3. The van der Waals surface area contributed by atoms with Gasteiger partial charge in [-0.3, -0.25) is 0 Å². The lowest BCUT2D eigenvalue weighted by Gasteiger charge is -2.30. The molecule has 2 N–H and O–H groups in total. The van der Waals surface area contributed by atoms with E-state index in [2.05, 4.69) is 23.8 Å². The third-order valence-corrected chi connectivity index (χ3v) is 3.85. The molecule has 0 aromatic heterocycles. The second-order valence-corrected chi connectivity index (χ2v) is 6.25. The molecule has 0 atom stereocenters. The zero-order chi connectivity index (χ0) is 22.3. The molecule has 7 heteroatoms. The first kappa shape index (κ1) is 25.9. The van der Waals surface area contributed by atoms with Crippen LogP contribution in [0, 0.1) is 6.92 Å². The van der Waals surface area contributed by atoms with Crippen molar-refractivity contribution in [3.8, 4) is 0 Å². The van der Waals surface area contributed by atoms with Crippen LogP contribution in [0.25, 0.3) is 0 Å². The van der Waals surface area contributed by atoms with Crippen LogP contribution in [0.4, 0.5) is 10.5 Å². The summed E-state index contributed by atoms with van der Waals surface area (Å²) in [5.41, 5.74) is 0.966. The molecule has 2 amide bonds. The highest BCUT2D eigenvalue weighted by atomic mass is 16.5. The van der Waals surface area contributed by atoms with E-state index in [0.29, 0.717) is 18.5 Å². The maximum absolute atomic E-state index is 12.3. The lowest BCUT2D eigenvalue weighted by molar-refractivity contribution is -0.138. The minimum Gasteiger partial charge on any atom is -0.462 e. The molecule has 0 aliphatic rings. The fraction of sp³-hybridized carbons (Fsp3) is 0.409. The van der Waals surface area contributed by atoms with Gasteiger partial charge in [-0.1, -0.05) is 44.7 Å². The molecule has 0 saturated heterocycles. The van der Waals surface area contributed by atoms with E-state index in [-0.39, 0.29) is 13.2 Å². The largest absolute Gasteiger partial charge is 0.462 e. The van der Waals surface area contributed by atoms with E-state index in [1.54, 1.807) is 19.1 Å². The Morgan fingerprint density at radius 3 is 1.83 bits per heavy atom. The summed E-state index contributed by atoms with van der Waals surface area (Å²) in [5, 5.41) is 5.60. The molecule has 1 aromatic rings. The van der Waals surface area contributed by atoms with Crippen molar-refractivity contribution in [1.82, 2.24) is 5.32 Å². The SMILES string of the molecule is C=CC(=O)OCCC(C)(CCOC(=O)C=C)NC(=O)Nc1ccc(C)cc1.CC. The summed E-state index contributed by atoms with van der Waals surface area (Å²) in [5.74, 6) is -1.08. The molecule has 160 valence electrons. The molecule has 0 bridgehead atoms. The number of ether oxygens (including phenoxy) is 2. The molecule has 0 aliphatic carbocycles. The van der Waals surface area contributed by atoms with Crippen LogP contribution >= 0.6 is 0 Å². The van der Waals surface area contributed by atoms with Crippen LogP contribution in [-0.2, 0) is 19.1 Å². The fourth-order valence-corrected chi connectivity index (χ4v) is 2.19. The summed E-state index contributed by atoms with van der Waals surface area (Å²) in [6, 6.07) is 6.95. The maximum Gasteiger partial charge on any atom is 0.330 e. The lowest BCUT2D eigenvalue weighted by atomic mass is 9.94. The summed E-state index contributed by atoms with van der Waals surface area (Å²) in [6.45, 7) is 14.6. The number of hydrogen-bond donors (Lipinski definition) is 2. The maximum atomic E-state index is 12.3. The van der Waals surface area contributed by atoms with E-state index >= 15 is 0 Å². The van der Waals surface area contributed by atoms with Crippen molar-refractivity contribution in [1.29, 1.82) is 0 Å². The Hall–Kier alpha value is -3.09. The molecular weight excluding hydrogens is 372 g/mol. The van der Waals surface area contributed by atoms with Gasteiger partial charge in [-0.05, 0) is 26.0 Å². The number of esters is 2. The fourth-order valence-electron chi connectivity index (χ4n) is 2.19. The Labute approximate surface area is 173 Å². The van der Waals surface area contributed by atoms with Crippen molar-refractivity contribution in [3.63, 3.8) is 0 Å². The molecular formula is C22H32N2O5. The zero-order valence-corrected chi connectivity index (χ0v) is 17.7. The minimum absolute atomic E-state index is 0.0849. The van der Waals surface area contributed by atoms with Gasteiger partial charge in [-0.25, -0.2) is 14.4 Å². The molecule has 0 aliphatic heterocycles. The van der Waals surface area contributed by atoms with Gasteiger partial charge in [0.25, 0.3) is 0 Å². The van der Waals surface area contributed by atoms with Crippen LogP contribution in [0.3, 0.4) is 0 Å². The van der Waals surface area contributed by atoms with Crippen LogP contribution in [0.2, 0.25) is 0 Å². The summed E-state index contributed by atoms with van der Waals surface area (Å²) in [7, 11) is 0. The minimum atomic E-state index is -0.766. The van der Waals surface area contributed by atoms with Gasteiger partial charge >= 0.3 is 18.0 Å². The average Bonchev–Trinajstić information content (AvgIpc) is 2.70. The van der Waals surface area contributed by atoms with Gasteiger partial charge in [0, 0.05) is 36.2 Å². The number of amides is 2. The van der Waals surface area contributed by atoms with Gasteiger partial charge in [0.15, 0.2) is 0 Å². The average molecular weight is 405 g/mol. The lowest BCUT2D eigenvalue weighted by Crippen LogP contribution is -2.49. The van der Waals surface area contributed by atoms with E-state index in [1.807, 2.05) is 32.9 Å². The number of benzene rings is 1. The topological polar surface area (TPSA) is 93.7 Å². The van der Waals surface area contributed by atoms with E-state index in [9.17, 15) is 14.4 Å². The second kappa shape index (κ2) is 14.0. The van der Waals surface area contributed by atoms with Crippen molar-refractivity contribution in [3.05, 3.63) is 55.1 Å². The third kappa shape index (κ3) is 11.4. The van der Waals surface area contributed by atoms with Gasteiger partial charge in [-0.2, -0.15) is 0 Å². The van der Waals surface area contributed by atoms with Crippen molar-refractivity contribution in [2.24, 2.45) is 0 Å². The van der Waals surface area contributed by atoms with Crippen LogP contribution in [0.5, 0.6) is 0 Å². The second-order valence-electron chi connectivity index (χ2n) is 6.25. The summed E-state index contributed by atoms with van der Waals surface area (Å²) >= 11 is 0. The number of urea groups is 1. The molecule has 1 rings (SSSR count). The highest BCUT2D eigenvalue weighted by molar-refractivity contribution is 5.89. The van der Waals surface area contributed by atoms with Gasteiger partial charge in [0.1, 0.15) is 0 Å². The molecule has 1 aromatic carbocycles. The third-order valence-electron chi connectivity index (χ3n) is 3.85. The molecule has 0 spiro atoms. The highest BCUT2D eigenvalue weighted by Gasteiger charge is 2.27. The Kier molecular flexibility index (Phi) is 12.5. The van der Waals surface area contributed by atoms with Gasteiger partial charge < -0.3 is 20.1 Å². The van der Waals surface area contributed by atoms with Crippen LogP contribution in [0.15, 0.2) is 49.6 Å². The molecule has 29 heavy (non-hydrogen) atoms. The number of hydrogen-bond acceptors (Lipinski definition) is 5. The first-order chi connectivity index (χ1) is 13.8. The summed E-state index contributed by atoms with van der Waals surface area (Å²) < 4.78 is 9.99. The van der Waals surface area contributed by atoms with Crippen molar-refractivity contribution < 1.29 is 23.9 Å². The predicted octanol–water partition coefficient (Wildman–Crippen LogP) is 4.14. The number of anilines is 1. The Morgan fingerprint density at radius 2 is 1.41 bits per heavy atom. The van der Waals surface area contributed by atoms with Crippen molar-refractivity contribution >= 4 is 23.7 Å². The van der Waals surface area contributed by atoms with E-state index in [4.69, 9.17) is 9.47 Å². The monoisotopic (exact) mass is 404 g/mol. The van der Waals surface area contributed by atoms with Crippen LogP contribution in [-0.4, -0.2) is 36.7 Å². The number of nitrogens with one attached hydrogen (secondary N) is 2. The van der Waals surface area contributed by atoms with Gasteiger partial charge in [0.05, 0.1) is 13.2 Å². The molecule has 0 saturated carbocycles. The smallest absolute Gasteiger partial charge is 0.330 e. The molecule has 0 radical (unpaired) electrons.